The number of ether oxygens (including phenoxy) is 2. The summed E-state index contributed by atoms with van der Waals surface area (Å²) in [6.45, 7) is 0.256. The van der Waals surface area contributed by atoms with Gasteiger partial charge in [-0.2, -0.15) is 0 Å². The Balaban J connectivity index is 1.57. The Hall–Kier alpha value is -3.25. The molecule has 0 atom stereocenters. The van der Waals surface area contributed by atoms with Gasteiger partial charge >= 0.3 is 0 Å². The van der Waals surface area contributed by atoms with Gasteiger partial charge in [0.15, 0.2) is 16.7 Å². The van der Waals surface area contributed by atoms with Crippen molar-refractivity contribution in [3.8, 4) is 17.2 Å². The van der Waals surface area contributed by atoms with E-state index in [9.17, 15) is 4.79 Å². The summed E-state index contributed by atoms with van der Waals surface area (Å²) in [6.07, 6.45) is 0. The second-order valence-electron chi connectivity index (χ2n) is 6.36. The average molecular weight is 388 g/mol. The number of aromatic nitrogens is 2. The van der Waals surface area contributed by atoms with Crippen LogP contribution in [0.15, 0.2) is 82.7 Å². The lowest BCUT2D eigenvalue weighted by molar-refractivity contribution is 0.174. The van der Waals surface area contributed by atoms with Gasteiger partial charge in [0, 0.05) is 5.75 Å². The molecule has 28 heavy (non-hydrogen) atoms. The summed E-state index contributed by atoms with van der Waals surface area (Å²) in [5.74, 6) is 2.18. The van der Waals surface area contributed by atoms with Crippen molar-refractivity contribution in [2.75, 3.05) is 6.79 Å². The molecule has 0 unspecified atom stereocenters. The second-order valence-corrected chi connectivity index (χ2v) is 7.31. The van der Waals surface area contributed by atoms with Gasteiger partial charge in [0.05, 0.1) is 16.6 Å². The first-order valence-corrected chi connectivity index (χ1v) is 9.87. The van der Waals surface area contributed by atoms with Gasteiger partial charge < -0.3 is 9.47 Å². The SMILES string of the molecule is O=c1c2ccccc2nc(SCc2ccc3c(c2)OCO3)n1-c1ccccc1. The molecule has 0 spiro atoms. The molecule has 3 aromatic carbocycles. The quantitative estimate of drug-likeness (QED) is 0.383. The number of rotatable bonds is 4. The van der Waals surface area contributed by atoms with Crippen LogP contribution in [-0.4, -0.2) is 16.3 Å². The Bertz CT molecular complexity index is 1220. The first-order chi connectivity index (χ1) is 13.8. The minimum atomic E-state index is -0.0648. The highest BCUT2D eigenvalue weighted by atomic mass is 32.2. The summed E-state index contributed by atoms with van der Waals surface area (Å²) in [7, 11) is 0. The van der Waals surface area contributed by atoms with E-state index in [0.717, 1.165) is 22.7 Å². The van der Waals surface area contributed by atoms with Crippen LogP contribution < -0.4 is 15.0 Å². The van der Waals surface area contributed by atoms with Crippen molar-refractivity contribution in [3.63, 3.8) is 0 Å². The molecule has 5 nitrogen and oxygen atoms in total. The highest BCUT2D eigenvalue weighted by Gasteiger charge is 2.16. The summed E-state index contributed by atoms with van der Waals surface area (Å²) in [6, 6.07) is 22.9. The third-order valence-corrected chi connectivity index (χ3v) is 5.57. The number of benzene rings is 3. The maximum atomic E-state index is 13.2. The monoisotopic (exact) mass is 388 g/mol. The zero-order chi connectivity index (χ0) is 18.9. The maximum Gasteiger partial charge on any atom is 0.266 e. The summed E-state index contributed by atoms with van der Waals surface area (Å²) in [5.41, 5.74) is 2.52. The first-order valence-electron chi connectivity index (χ1n) is 8.88. The normalized spacial score (nSPS) is 12.4. The smallest absolute Gasteiger partial charge is 0.266 e. The lowest BCUT2D eigenvalue weighted by Crippen LogP contribution is -2.21. The molecule has 0 bridgehead atoms. The number of hydrogen-bond donors (Lipinski definition) is 0. The Kier molecular flexibility index (Phi) is 4.25. The van der Waals surface area contributed by atoms with Crippen LogP contribution in [-0.2, 0) is 5.75 Å². The van der Waals surface area contributed by atoms with Crippen LogP contribution in [0.3, 0.4) is 0 Å². The minimum Gasteiger partial charge on any atom is -0.454 e. The molecule has 1 aliphatic rings. The zero-order valence-corrected chi connectivity index (χ0v) is 15.7. The Morgan fingerprint density at radius 3 is 2.61 bits per heavy atom. The van der Waals surface area contributed by atoms with E-state index in [1.54, 1.807) is 4.57 Å². The number of thioether (sulfide) groups is 1. The number of nitrogens with zero attached hydrogens (tertiary/aromatic N) is 2. The molecular weight excluding hydrogens is 372 g/mol. The van der Waals surface area contributed by atoms with Crippen LogP contribution in [0.4, 0.5) is 0 Å². The fraction of sp³-hybridized carbons (Fsp3) is 0.0909. The minimum absolute atomic E-state index is 0.0648. The third kappa shape index (κ3) is 3.01. The van der Waals surface area contributed by atoms with E-state index in [1.807, 2.05) is 72.8 Å². The van der Waals surface area contributed by atoms with Gasteiger partial charge in [0.2, 0.25) is 6.79 Å². The van der Waals surface area contributed by atoms with Gasteiger partial charge in [-0.25, -0.2) is 4.98 Å². The van der Waals surface area contributed by atoms with Gasteiger partial charge in [-0.1, -0.05) is 48.2 Å². The number of para-hydroxylation sites is 2. The van der Waals surface area contributed by atoms with Gasteiger partial charge in [-0.05, 0) is 42.0 Å². The van der Waals surface area contributed by atoms with Crippen LogP contribution >= 0.6 is 11.8 Å². The molecular formula is C22H16N2O3S. The molecule has 2 heterocycles. The molecule has 0 aliphatic carbocycles. The van der Waals surface area contributed by atoms with Gasteiger partial charge in [-0.15, -0.1) is 0 Å². The molecule has 1 aromatic heterocycles. The maximum absolute atomic E-state index is 13.2. The van der Waals surface area contributed by atoms with Crippen molar-refractivity contribution in [3.05, 3.63) is 88.7 Å². The van der Waals surface area contributed by atoms with Crippen LogP contribution in [0, 0.1) is 0 Å². The van der Waals surface area contributed by atoms with E-state index in [2.05, 4.69) is 0 Å². The standard InChI is InChI=1S/C22H16N2O3S/c25-21-17-8-4-5-9-18(17)23-22(24(21)16-6-2-1-3-7-16)28-13-15-10-11-19-20(12-15)27-14-26-19/h1-12H,13-14H2. The predicted molar refractivity (Wildman–Crippen MR) is 109 cm³/mol. The highest BCUT2D eigenvalue weighted by Crippen LogP contribution is 2.34. The lowest BCUT2D eigenvalue weighted by atomic mass is 10.2. The van der Waals surface area contributed by atoms with Crippen LogP contribution in [0.2, 0.25) is 0 Å². The number of hydrogen-bond acceptors (Lipinski definition) is 5. The van der Waals surface area contributed by atoms with Crippen LogP contribution in [0.25, 0.3) is 16.6 Å². The Morgan fingerprint density at radius 1 is 0.929 bits per heavy atom. The highest BCUT2D eigenvalue weighted by molar-refractivity contribution is 7.98. The summed E-state index contributed by atoms with van der Waals surface area (Å²) < 4.78 is 12.5. The van der Waals surface area contributed by atoms with Gasteiger partial charge in [0.25, 0.3) is 5.56 Å². The molecule has 0 saturated heterocycles. The van der Waals surface area contributed by atoms with Gasteiger partial charge in [-0.3, -0.25) is 9.36 Å². The van der Waals surface area contributed by atoms with E-state index in [0.29, 0.717) is 21.8 Å². The largest absolute Gasteiger partial charge is 0.454 e. The molecule has 0 radical (unpaired) electrons. The van der Waals surface area contributed by atoms with Crippen LogP contribution in [0.5, 0.6) is 11.5 Å². The molecule has 138 valence electrons. The molecule has 0 fully saturated rings. The predicted octanol–water partition coefficient (Wildman–Crippen LogP) is 4.41. The second kappa shape index (κ2) is 7.05. The van der Waals surface area contributed by atoms with Crippen molar-refractivity contribution in [1.82, 2.24) is 9.55 Å². The average Bonchev–Trinajstić information content (AvgIpc) is 3.21. The van der Waals surface area contributed by atoms with Gasteiger partial charge in [0.1, 0.15) is 0 Å². The first kappa shape index (κ1) is 16.9. The molecule has 0 amide bonds. The van der Waals surface area contributed by atoms with Crippen molar-refractivity contribution < 1.29 is 9.47 Å². The van der Waals surface area contributed by atoms with E-state index in [4.69, 9.17) is 14.5 Å². The molecule has 1 aliphatic heterocycles. The third-order valence-electron chi connectivity index (χ3n) is 4.56. The van der Waals surface area contributed by atoms with Crippen LogP contribution in [0.1, 0.15) is 5.56 Å². The summed E-state index contributed by atoms with van der Waals surface area (Å²) >= 11 is 1.52. The summed E-state index contributed by atoms with van der Waals surface area (Å²) in [5, 5.41) is 1.27. The number of fused-ring (bicyclic) bond motifs is 2. The fourth-order valence-corrected chi connectivity index (χ4v) is 4.15. The summed E-state index contributed by atoms with van der Waals surface area (Å²) in [4.78, 5) is 18.0. The molecule has 0 N–H and O–H groups in total. The van der Waals surface area contributed by atoms with E-state index in [1.165, 1.54) is 11.8 Å². The lowest BCUT2D eigenvalue weighted by Gasteiger charge is -2.13. The van der Waals surface area contributed by atoms with E-state index < -0.39 is 0 Å². The van der Waals surface area contributed by atoms with Crippen molar-refractivity contribution >= 4 is 22.7 Å². The zero-order valence-electron chi connectivity index (χ0n) is 14.9. The van der Waals surface area contributed by atoms with Crippen molar-refractivity contribution in [2.24, 2.45) is 0 Å². The van der Waals surface area contributed by atoms with E-state index in [-0.39, 0.29) is 12.4 Å². The van der Waals surface area contributed by atoms with Crippen molar-refractivity contribution in [1.29, 1.82) is 0 Å². The Labute approximate surface area is 165 Å². The fourth-order valence-electron chi connectivity index (χ4n) is 3.19. The van der Waals surface area contributed by atoms with E-state index >= 15 is 0 Å². The molecule has 0 saturated carbocycles. The topological polar surface area (TPSA) is 53.4 Å². The molecule has 4 aromatic rings. The Morgan fingerprint density at radius 2 is 1.71 bits per heavy atom. The van der Waals surface area contributed by atoms with Crippen molar-refractivity contribution in [2.45, 2.75) is 10.9 Å². The molecule has 5 rings (SSSR count). The molecule has 6 heteroatoms.